The Labute approximate surface area is 285 Å². The number of hydrogen-bond acceptors (Lipinski definition) is 5. The highest BCUT2D eigenvalue weighted by Crippen LogP contribution is 2.49. The molecule has 0 aromatic heterocycles. The maximum Gasteiger partial charge on any atom is 0.268 e. The van der Waals surface area contributed by atoms with Gasteiger partial charge >= 0.3 is 0 Å². The van der Waals surface area contributed by atoms with Crippen molar-refractivity contribution in [2.45, 2.75) is 0 Å². The van der Waals surface area contributed by atoms with Gasteiger partial charge in [0, 0.05) is 22.3 Å². The van der Waals surface area contributed by atoms with Crippen LogP contribution in [0, 0.1) is 17.9 Å². The normalized spacial score (nSPS) is 14.0. The highest BCUT2D eigenvalue weighted by Gasteiger charge is 2.53. The van der Waals surface area contributed by atoms with E-state index >= 15 is 0 Å². The van der Waals surface area contributed by atoms with Crippen LogP contribution in [0.15, 0.2) is 145 Å². The lowest BCUT2D eigenvalue weighted by atomic mass is 9.96. The van der Waals surface area contributed by atoms with E-state index in [9.17, 15) is 24.4 Å². The van der Waals surface area contributed by atoms with Crippen LogP contribution in [0.3, 0.4) is 0 Å². The molecule has 4 amide bonds. The first-order chi connectivity index (χ1) is 24.4. The van der Waals surface area contributed by atoms with Crippen molar-refractivity contribution in [1.29, 1.82) is 5.26 Å². The molecule has 0 fully saturated rings. The van der Waals surface area contributed by atoms with Gasteiger partial charge in [-0.3, -0.25) is 19.2 Å². The van der Waals surface area contributed by atoms with Gasteiger partial charge in [-0.1, -0.05) is 109 Å². The fourth-order valence-corrected chi connectivity index (χ4v) is 6.75. The molecule has 8 rings (SSSR count). The summed E-state index contributed by atoms with van der Waals surface area (Å²) < 4.78 is 0. The molecule has 234 valence electrons. The predicted molar refractivity (Wildman–Crippen MR) is 188 cm³/mol. The predicted octanol–water partition coefficient (Wildman–Crippen LogP) is 7.90. The minimum Gasteiger partial charge on any atom is -0.268 e. The molecule has 8 heteroatoms. The van der Waals surface area contributed by atoms with Crippen molar-refractivity contribution in [2.75, 3.05) is 0 Å². The zero-order valence-electron chi connectivity index (χ0n) is 26.1. The molecule has 0 saturated carbocycles. The van der Waals surface area contributed by atoms with Gasteiger partial charge in [-0.15, -0.1) is 0 Å². The van der Waals surface area contributed by atoms with Crippen molar-refractivity contribution < 1.29 is 19.2 Å². The molecule has 0 atom stereocenters. The van der Waals surface area contributed by atoms with Crippen LogP contribution in [0.4, 0.5) is 5.69 Å². The lowest BCUT2D eigenvalue weighted by Crippen LogP contribution is -2.36. The summed E-state index contributed by atoms with van der Waals surface area (Å²) in [5.74, 6) is -3.00. The van der Waals surface area contributed by atoms with Gasteiger partial charge in [0.1, 0.15) is 0 Å². The quantitative estimate of drug-likeness (QED) is 0.143. The molecule has 0 N–H and O–H groups in total. The number of hydrogen-bond donors (Lipinski definition) is 0. The average molecular weight is 647 g/mol. The number of carbonyl (C=O) groups excluding carboxylic acids is 4. The summed E-state index contributed by atoms with van der Waals surface area (Å²) in [4.78, 5) is 64.3. The van der Waals surface area contributed by atoms with Crippen molar-refractivity contribution in [3.05, 3.63) is 184 Å². The molecule has 6 aromatic rings. The Bertz CT molecular complexity index is 2480. The summed E-state index contributed by atoms with van der Waals surface area (Å²) in [5.41, 5.74) is 1.42. The Hall–Kier alpha value is -7.42. The molecule has 0 radical (unpaired) electrons. The third kappa shape index (κ3) is 4.52. The van der Waals surface area contributed by atoms with E-state index in [2.05, 4.69) is 4.85 Å². The summed E-state index contributed by atoms with van der Waals surface area (Å²) >= 11 is 0. The fraction of sp³-hybridized carbons (Fsp3) is 0. The zero-order chi connectivity index (χ0) is 34.5. The van der Waals surface area contributed by atoms with Crippen molar-refractivity contribution in [3.8, 4) is 6.07 Å². The van der Waals surface area contributed by atoms with E-state index in [0.717, 1.165) is 20.6 Å². The summed E-state index contributed by atoms with van der Waals surface area (Å²) in [6.45, 7) is 7.49. The SMILES string of the molecule is [C-]#[N+]c1cccc(C(=O)N2C(=O)C3=C(c4cccc5ccccc45)N(C(=O)c4cccc(C#N)c4)C(=O)C3=C2c2cccc3ccccc23)c1. The standard InChI is InChI=1S/C42H22N4O4/c1-44-30-17-7-16-29(23-30)40(48)46-38(34-21-9-14-27-12-3-5-19-32(27)34)36-35(42(46)50)37(33-20-8-13-26-11-2-4-18-31(26)33)45(41(36)49)39(47)28-15-6-10-25(22-28)24-43/h2-23H. The third-order valence-corrected chi connectivity index (χ3v) is 8.96. The van der Waals surface area contributed by atoms with E-state index in [1.807, 2.05) is 66.7 Å². The Morgan fingerprint density at radius 3 is 1.56 bits per heavy atom. The molecule has 8 nitrogen and oxygen atoms in total. The summed E-state index contributed by atoms with van der Waals surface area (Å²) in [6, 6.07) is 39.7. The van der Waals surface area contributed by atoms with Crippen molar-refractivity contribution in [3.63, 3.8) is 0 Å². The first kappa shape index (κ1) is 29.9. The summed E-state index contributed by atoms with van der Waals surface area (Å²) in [5, 5.41) is 12.6. The number of fused-ring (bicyclic) bond motifs is 3. The van der Waals surface area contributed by atoms with Crippen LogP contribution >= 0.6 is 0 Å². The Balaban J connectivity index is 1.47. The number of carbonyl (C=O) groups is 4. The number of nitriles is 1. The molecule has 0 bridgehead atoms. The van der Waals surface area contributed by atoms with Crippen LogP contribution in [0.2, 0.25) is 0 Å². The van der Waals surface area contributed by atoms with Crippen LogP contribution in [0.5, 0.6) is 0 Å². The molecule has 2 heterocycles. The van der Waals surface area contributed by atoms with Gasteiger partial charge in [-0.2, -0.15) is 5.26 Å². The lowest BCUT2D eigenvalue weighted by Gasteiger charge is -2.24. The number of rotatable bonds is 4. The van der Waals surface area contributed by atoms with Gasteiger partial charge in [0.05, 0.1) is 40.7 Å². The van der Waals surface area contributed by atoms with E-state index < -0.39 is 23.6 Å². The van der Waals surface area contributed by atoms with E-state index in [1.54, 1.807) is 48.5 Å². The Kier molecular flexibility index (Phi) is 6.99. The zero-order valence-corrected chi connectivity index (χ0v) is 26.1. The van der Waals surface area contributed by atoms with Crippen molar-refractivity contribution >= 4 is 62.3 Å². The van der Waals surface area contributed by atoms with Gasteiger partial charge in [-0.25, -0.2) is 14.6 Å². The minimum atomic E-state index is -0.781. The molecule has 0 saturated heterocycles. The van der Waals surface area contributed by atoms with Crippen LogP contribution in [0.1, 0.15) is 37.4 Å². The van der Waals surface area contributed by atoms with Gasteiger partial charge in [-0.05, 0) is 45.8 Å². The second-order valence-electron chi connectivity index (χ2n) is 11.7. The highest BCUT2D eigenvalue weighted by molar-refractivity contribution is 6.38. The van der Waals surface area contributed by atoms with E-state index in [-0.39, 0.29) is 44.9 Å². The van der Waals surface area contributed by atoms with E-state index in [4.69, 9.17) is 6.57 Å². The van der Waals surface area contributed by atoms with Crippen LogP contribution in [-0.4, -0.2) is 33.4 Å². The number of benzene rings is 6. The van der Waals surface area contributed by atoms with E-state index in [1.165, 1.54) is 24.3 Å². The lowest BCUT2D eigenvalue weighted by molar-refractivity contribution is -0.122. The molecular formula is C42H22N4O4. The number of amides is 4. The number of imide groups is 2. The minimum absolute atomic E-state index is 0.0436. The molecule has 2 aliphatic rings. The topological polar surface area (TPSA) is 103 Å². The second-order valence-corrected chi connectivity index (χ2v) is 11.7. The molecule has 2 aliphatic heterocycles. The van der Waals surface area contributed by atoms with Gasteiger partial charge in [0.15, 0.2) is 5.69 Å². The van der Waals surface area contributed by atoms with Crippen LogP contribution in [0.25, 0.3) is 37.8 Å². The number of nitrogens with zero attached hydrogens (tertiary/aromatic N) is 4. The Morgan fingerprint density at radius 2 is 1.04 bits per heavy atom. The third-order valence-electron chi connectivity index (χ3n) is 8.96. The maximum atomic E-state index is 15.0. The summed E-state index contributed by atoms with van der Waals surface area (Å²) in [7, 11) is 0. The van der Waals surface area contributed by atoms with Crippen molar-refractivity contribution in [1.82, 2.24) is 9.80 Å². The molecule has 50 heavy (non-hydrogen) atoms. The maximum absolute atomic E-state index is 15.0. The van der Waals surface area contributed by atoms with Crippen molar-refractivity contribution in [2.24, 2.45) is 0 Å². The largest absolute Gasteiger partial charge is 0.268 e. The van der Waals surface area contributed by atoms with Gasteiger partial charge < -0.3 is 0 Å². The smallest absolute Gasteiger partial charge is 0.268 e. The first-order valence-corrected chi connectivity index (χ1v) is 15.6. The fourth-order valence-electron chi connectivity index (χ4n) is 6.75. The van der Waals surface area contributed by atoms with Gasteiger partial charge in [0.2, 0.25) is 0 Å². The molecular weight excluding hydrogens is 624 g/mol. The highest BCUT2D eigenvalue weighted by atomic mass is 16.2. The average Bonchev–Trinajstić information content (AvgIpc) is 3.64. The molecule has 0 unspecified atom stereocenters. The monoisotopic (exact) mass is 646 g/mol. The van der Waals surface area contributed by atoms with Crippen LogP contribution in [-0.2, 0) is 9.59 Å². The molecule has 0 aliphatic carbocycles. The van der Waals surface area contributed by atoms with Crippen LogP contribution < -0.4 is 0 Å². The molecule has 6 aromatic carbocycles. The van der Waals surface area contributed by atoms with Gasteiger partial charge in [0.25, 0.3) is 23.6 Å². The second kappa shape index (κ2) is 11.7. The Morgan fingerprint density at radius 1 is 0.580 bits per heavy atom. The molecule has 0 spiro atoms. The summed E-state index contributed by atoms with van der Waals surface area (Å²) in [6.07, 6.45) is 0. The van der Waals surface area contributed by atoms with E-state index in [0.29, 0.717) is 21.9 Å². The first-order valence-electron chi connectivity index (χ1n) is 15.6.